The summed E-state index contributed by atoms with van der Waals surface area (Å²) in [6.45, 7) is 3.91. The number of carbonyl (C=O) groups is 1. The number of nitrogens with one attached hydrogen (secondary N) is 2. The average molecular weight is 485 g/mol. The number of rotatable bonds is 8. The summed E-state index contributed by atoms with van der Waals surface area (Å²) in [5, 5.41) is 2.79. The van der Waals surface area contributed by atoms with Gasteiger partial charge in [-0.3, -0.25) is 4.79 Å². The molecular weight excluding hydrogens is 459 g/mol. The molecule has 1 atom stereocenters. The minimum Gasteiger partial charge on any atom is -0.454 e. The van der Waals surface area contributed by atoms with Crippen LogP contribution in [0.1, 0.15) is 19.4 Å². The summed E-state index contributed by atoms with van der Waals surface area (Å²) in [4.78, 5) is 12.9. The highest BCUT2D eigenvalue weighted by atomic mass is 32.2. The molecule has 1 heterocycles. The van der Waals surface area contributed by atoms with Crippen LogP contribution >= 0.6 is 0 Å². The molecule has 3 aromatic rings. The fourth-order valence-corrected chi connectivity index (χ4v) is 4.89. The predicted molar refractivity (Wildman–Crippen MR) is 125 cm³/mol. The molecular formula is C25H25FN2O5S. The molecule has 0 unspecified atom stereocenters. The Balaban J connectivity index is 1.43. The molecule has 0 saturated carbocycles. The number of sulfonamides is 1. The van der Waals surface area contributed by atoms with Crippen LogP contribution < -0.4 is 19.5 Å². The minimum absolute atomic E-state index is 0.0348. The van der Waals surface area contributed by atoms with Crippen molar-refractivity contribution in [3.8, 4) is 22.6 Å². The van der Waals surface area contributed by atoms with Gasteiger partial charge in [-0.2, -0.15) is 4.72 Å². The number of amides is 1. The molecule has 0 aromatic heterocycles. The zero-order chi connectivity index (χ0) is 24.3. The van der Waals surface area contributed by atoms with Crippen LogP contribution in [-0.4, -0.2) is 27.2 Å². The average Bonchev–Trinajstić information content (AvgIpc) is 3.29. The Morgan fingerprint density at radius 1 is 0.941 bits per heavy atom. The molecule has 0 radical (unpaired) electrons. The Bertz CT molecular complexity index is 1280. The van der Waals surface area contributed by atoms with E-state index in [1.165, 1.54) is 24.3 Å². The SMILES string of the molecule is CC(C)[C@H](NS(=O)(=O)c1ccc(-c2ccc(F)cc2)cc1)C(=O)NCc1ccc2c(c1)OCO2. The monoisotopic (exact) mass is 484 g/mol. The van der Waals surface area contributed by atoms with Crippen molar-refractivity contribution in [3.05, 3.63) is 78.1 Å². The van der Waals surface area contributed by atoms with E-state index in [2.05, 4.69) is 10.0 Å². The number of benzene rings is 3. The molecule has 0 spiro atoms. The summed E-state index contributed by atoms with van der Waals surface area (Å²) in [6, 6.07) is 16.5. The molecule has 0 aliphatic carbocycles. The van der Waals surface area contributed by atoms with Crippen LogP contribution in [0, 0.1) is 11.7 Å². The maximum absolute atomic E-state index is 13.1. The molecule has 1 amide bonds. The van der Waals surface area contributed by atoms with Crippen LogP contribution in [0.5, 0.6) is 11.5 Å². The van der Waals surface area contributed by atoms with Gasteiger partial charge in [-0.25, -0.2) is 12.8 Å². The van der Waals surface area contributed by atoms with Crippen LogP contribution in [0.15, 0.2) is 71.6 Å². The predicted octanol–water partition coefficient (Wildman–Crippen LogP) is 3.84. The van der Waals surface area contributed by atoms with Gasteiger partial charge in [0.25, 0.3) is 0 Å². The third-order valence-electron chi connectivity index (χ3n) is 5.48. The van der Waals surface area contributed by atoms with E-state index < -0.39 is 22.0 Å². The third kappa shape index (κ3) is 5.37. The summed E-state index contributed by atoms with van der Waals surface area (Å²) in [5.41, 5.74) is 2.32. The topological polar surface area (TPSA) is 93.7 Å². The van der Waals surface area contributed by atoms with Crippen molar-refractivity contribution in [2.24, 2.45) is 5.92 Å². The van der Waals surface area contributed by atoms with Gasteiger partial charge < -0.3 is 14.8 Å². The second-order valence-electron chi connectivity index (χ2n) is 8.28. The molecule has 1 aliphatic rings. The van der Waals surface area contributed by atoms with E-state index >= 15 is 0 Å². The second kappa shape index (κ2) is 9.82. The zero-order valence-electron chi connectivity index (χ0n) is 18.7. The van der Waals surface area contributed by atoms with Crippen molar-refractivity contribution in [1.29, 1.82) is 0 Å². The Kier molecular flexibility index (Phi) is 6.85. The number of carbonyl (C=O) groups excluding carboxylic acids is 1. The van der Waals surface area contributed by atoms with Gasteiger partial charge in [0.2, 0.25) is 22.7 Å². The molecule has 178 valence electrons. The van der Waals surface area contributed by atoms with Gasteiger partial charge >= 0.3 is 0 Å². The standard InChI is InChI=1S/C25H25FN2O5S/c1-16(2)24(25(29)27-14-17-3-12-22-23(13-17)33-15-32-22)28-34(30,31)21-10-6-19(7-11-21)18-4-8-20(26)9-5-18/h3-13,16,24,28H,14-15H2,1-2H3,(H,27,29)/t24-/m0/s1. The minimum atomic E-state index is -3.95. The van der Waals surface area contributed by atoms with Gasteiger partial charge in [0.05, 0.1) is 4.90 Å². The number of hydrogen-bond acceptors (Lipinski definition) is 5. The number of ether oxygens (including phenoxy) is 2. The summed E-state index contributed by atoms with van der Waals surface area (Å²) in [7, 11) is -3.95. The highest BCUT2D eigenvalue weighted by Crippen LogP contribution is 2.32. The summed E-state index contributed by atoms with van der Waals surface area (Å²) >= 11 is 0. The summed E-state index contributed by atoms with van der Waals surface area (Å²) < 4.78 is 52.2. The Hall–Kier alpha value is -3.43. The Labute approximate surface area is 198 Å². The lowest BCUT2D eigenvalue weighted by Crippen LogP contribution is -2.49. The Morgan fingerprint density at radius 2 is 1.56 bits per heavy atom. The molecule has 0 fully saturated rings. The van der Waals surface area contributed by atoms with E-state index in [-0.39, 0.29) is 30.0 Å². The molecule has 2 N–H and O–H groups in total. The van der Waals surface area contributed by atoms with Crippen LogP contribution in [0.4, 0.5) is 4.39 Å². The fraction of sp³-hybridized carbons (Fsp3) is 0.240. The van der Waals surface area contributed by atoms with Crippen molar-refractivity contribution >= 4 is 15.9 Å². The van der Waals surface area contributed by atoms with Gasteiger partial charge in [0.1, 0.15) is 11.9 Å². The smallest absolute Gasteiger partial charge is 0.241 e. The van der Waals surface area contributed by atoms with Crippen molar-refractivity contribution in [2.45, 2.75) is 31.3 Å². The quantitative estimate of drug-likeness (QED) is 0.507. The summed E-state index contributed by atoms with van der Waals surface area (Å²) in [5.74, 6) is 0.193. The zero-order valence-corrected chi connectivity index (χ0v) is 19.6. The molecule has 0 bridgehead atoms. The van der Waals surface area contributed by atoms with Crippen molar-refractivity contribution in [3.63, 3.8) is 0 Å². The van der Waals surface area contributed by atoms with E-state index in [4.69, 9.17) is 9.47 Å². The largest absolute Gasteiger partial charge is 0.454 e. The highest BCUT2D eigenvalue weighted by Gasteiger charge is 2.28. The van der Waals surface area contributed by atoms with Gasteiger partial charge in [-0.1, -0.05) is 44.2 Å². The normalized spacial score (nSPS) is 13.6. The maximum atomic E-state index is 13.1. The molecule has 1 aliphatic heterocycles. The van der Waals surface area contributed by atoms with Gasteiger partial charge in [-0.05, 0) is 59.0 Å². The molecule has 9 heteroatoms. The lowest BCUT2D eigenvalue weighted by molar-refractivity contribution is -0.123. The summed E-state index contributed by atoms with van der Waals surface area (Å²) in [6.07, 6.45) is 0. The van der Waals surface area contributed by atoms with Gasteiger partial charge in [-0.15, -0.1) is 0 Å². The van der Waals surface area contributed by atoms with Crippen molar-refractivity contribution in [1.82, 2.24) is 10.0 Å². The highest BCUT2D eigenvalue weighted by molar-refractivity contribution is 7.89. The van der Waals surface area contributed by atoms with E-state index in [0.29, 0.717) is 11.5 Å². The van der Waals surface area contributed by atoms with E-state index in [9.17, 15) is 17.6 Å². The molecule has 0 saturated heterocycles. The van der Waals surface area contributed by atoms with Gasteiger partial charge in [0.15, 0.2) is 11.5 Å². The number of fused-ring (bicyclic) bond motifs is 1. The molecule has 3 aromatic carbocycles. The number of halogens is 1. The second-order valence-corrected chi connectivity index (χ2v) is 9.99. The first-order valence-electron chi connectivity index (χ1n) is 10.8. The van der Waals surface area contributed by atoms with E-state index in [1.54, 1.807) is 50.2 Å². The lowest BCUT2D eigenvalue weighted by Gasteiger charge is -2.22. The van der Waals surface area contributed by atoms with Crippen LogP contribution in [0.3, 0.4) is 0 Å². The van der Waals surface area contributed by atoms with Crippen molar-refractivity contribution < 1.29 is 27.1 Å². The molecule has 34 heavy (non-hydrogen) atoms. The molecule has 4 rings (SSSR count). The van der Waals surface area contributed by atoms with Crippen LogP contribution in [0.2, 0.25) is 0 Å². The number of hydrogen-bond donors (Lipinski definition) is 2. The van der Waals surface area contributed by atoms with E-state index in [1.807, 2.05) is 6.07 Å². The van der Waals surface area contributed by atoms with E-state index in [0.717, 1.165) is 16.7 Å². The Morgan fingerprint density at radius 3 is 2.21 bits per heavy atom. The fourth-order valence-electron chi connectivity index (χ4n) is 3.55. The molecule has 7 nitrogen and oxygen atoms in total. The van der Waals surface area contributed by atoms with Crippen LogP contribution in [-0.2, 0) is 21.4 Å². The maximum Gasteiger partial charge on any atom is 0.241 e. The lowest BCUT2D eigenvalue weighted by atomic mass is 10.0. The van der Waals surface area contributed by atoms with Gasteiger partial charge in [0, 0.05) is 6.54 Å². The van der Waals surface area contributed by atoms with Crippen molar-refractivity contribution in [2.75, 3.05) is 6.79 Å². The van der Waals surface area contributed by atoms with Crippen LogP contribution in [0.25, 0.3) is 11.1 Å². The first-order chi connectivity index (χ1) is 16.2. The first kappa shape index (κ1) is 23.7. The first-order valence-corrected chi connectivity index (χ1v) is 12.3. The third-order valence-corrected chi connectivity index (χ3v) is 6.93.